The molecule has 3 aromatic rings. The van der Waals surface area contributed by atoms with Crippen LogP contribution in [0, 0.1) is 13.8 Å². The van der Waals surface area contributed by atoms with E-state index in [1.165, 1.54) is 6.21 Å². The van der Waals surface area contributed by atoms with E-state index in [1.807, 2.05) is 36.6 Å². The van der Waals surface area contributed by atoms with E-state index in [9.17, 15) is 22.8 Å². The number of carbonyl (C=O) groups is 2. The van der Waals surface area contributed by atoms with Gasteiger partial charge in [0, 0.05) is 33.3 Å². The molecule has 0 spiro atoms. The Kier molecular flexibility index (Phi) is 7.14. The van der Waals surface area contributed by atoms with Crippen molar-refractivity contribution in [3.8, 4) is 5.69 Å². The Bertz CT molecular complexity index is 1240. The molecule has 3 rings (SSSR count). The number of hydrogen-bond acceptors (Lipinski definition) is 3. The van der Waals surface area contributed by atoms with Crippen LogP contribution in [-0.4, -0.2) is 22.6 Å². The molecular formula is C22H17Cl2F3N4O2. The highest BCUT2D eigenvalue weighted by atomic mass is 35.5. The van der Waals surface area contributed by atoms with Crippen LogP contribution in [0.3, 0.4) is 0 Å². The van der Waals surface area contributed by atoms with Gasteiger partial charge in [-0.25, -0.2) is 5.43 Å². The fourth-order valence-electron chi connectivity index (χ4n) is 3.13. The smallest absolute Gasteiger partial charge is 0.318 e. The first-order valence-electron chi connectivity index (χ1n) is 9.43. The number of aromatic nitrogens is 1. The molecule has 172 valence electrons. The number of anilines is 1. The number of hydrogen-bond donors (Lipinski definition) is 2. The van der Waals surface area contributed by atoms with E-state index in [-0.39, 0.29) is 5.69 Å². The van der Waals surface area contributed by atoms with Crippen molar-refractivity contribution in [1.82, 2.24) is 9.99 Å². The lowest BCUT2D eigenvalue weighted by atomic mass is 10.2. The molecule has 2 aromatic carbocycles. The molecule has 0 bridgehead atoms. The number of rotatable bonds is 4. The maximum Gasteiger partial charge on any atom is 0.417 e. The lowest BCUT2D eigenvalue weighted by Gasteiger charge is -2.11. The summed E-state index contributed by atoms with van der Waals surface area (Å²) in [5.41, 5.74) is 4.01. The zero-order valence-corrected chi connectivity index (χ0v) is 18.8. The lowest BCUT2D eigenvalue weighted by molar-refractivity contribution is -0.137. The second-order valence-electron chi connectivity index (χ2n) is 6.98. The summed E-state index contributed by atoms with van der Waals surface area (Å²) < 4.78 is 40.8. The van der Waals surface area contributed by atoms with Crippen molar-refractivity contribution >= 4 is 46.9 Å². The average molecular weight is 497 g/mol. The van der Waals surface area contributed by atoms with Crippen LogP contribution < -0.4 is 10.7 Å². The molecule has 33 heavy (non-hydrogen) atoms. The predicted molar refractivity (Wildman–Crippen MR) is 121 cm³/mol. The molecule has 1 aromatic heterocycles. The monoisotopic (exact) mass is 496 g/mol. The molecule has 0 atom stereocenters. The van der Waals surface area contributed by atoms with E-state index < -0.39 is 28.6 Å². The van der Waals surface area contributed by atoms with Gasteiger partial charge in [-0.3, -0.25) is 9.59 Å². The standard InChI is InChI=1S/C22H17Cl2F3N4O2/c1-12-9-14(13(2)31(12)17-6-3-15(23)4-7-17)11-28-30-21(33)20(32)29-16-5-8-19(24)18(10-16)22(25,26)27/h3-11H,1-2H3,(H,29,32)(H,30,33)/b28-11-. The first-order valence-corrected chi connectivity index (χ1v) is 10.2. The number of benzene rings is 2. The van der Waals surface area contributed by atoms with Gasteiger partial charge < -0.3 is 9.88 Å². The number of nitrogens with zero attached hydrogens (tertiary/aromatic N) is 2. The van der Waals surface area contributed by atoms with Gasteiger partial charge in [0.1, 0.15) is 0 Å². The lowest BCUT2D eigenvalue weighted by Crippen LogP contribution is -2.32. The largest absolute Gasteiger partial charge is 0.417 e. The fourth-order valence-corrected chi connectivity index (χ4v) is 3.48. The molecule has 1 heterocycles. The molecule has 0 aliphatic carbocycles. The van der Waals surface area contributed by atoms with Crippen LogP contribution in [0.4, 0.5) is 18.9 Å². The van der Waals surface area contributed by atoms with Crippen LogP contribution in [-0.2, 0) is 15.8 Å². The van der Waals surface area contributed by atoms with Crippen LogP contribution in [0.15, 0.2) is 53.6 Å². The SMILES string of the molecule is Cc1cc(/C=N\NC(=O)C(=O)Nc2ccc(Cl)c(C(F)(F)F)c2)c(C)n1-c1ccc(Cl)cc1. The minimum absolute atomic E-state index is 0.234. The third-order valence-electron chi connectivity index (χ3n) is 4.66. The van der Waals surface area contributed by atoms with E-state index in [0.29, 0.717) is 16.7 Å². The summed E-state index contributed by atoms with van der Waals surface area (Å²) >= 11 is 11.5. The molecule has 6 nitrogen and oxygen atoms in total. The third-order valence-corrected chi connectivity index (χ3v) is 5.24. The van der Waals surface area contributed by atoms with Crippen molar-refractivity contribution in [2.75, 3.05) is 5.32 Å². The Hall–Kier alpha value is -3.30. The van der Waals surface area contributed by atoms with Crippen LogP contribution in [0.25, 0.3) is 5.69 Å². The van der Waals surface area contributed by atoms with Gasteiger partial charge in [0.15, 0.2) is 0 Å². The number of amides is 2. The molecule has 0 unspecified atom stereocenters. The van der Waals surface area contributed by atoms with E-state index in [0.717, 1.165) is 29.2 Å². The number of hydrazone groups is 1. The summed E-state index contributed by atoms with van der Waals surface area (Å²) in [6, 6.07) is 11.9. The van der Waals surface area contributed by atoms with E-state index in [1.54, 1.807) is 12.1 Å². The quantitative estimate of drug-likeness (QED) is 0.284. The molecule has 0 saturated heterocycles. The molecule has 0 aliphatic heterocycles. The Morgan fingerprint density at radius 3 is 2.30 bits per heavy atom. The van der Waals surface area contributed by atoms with Crippen molar-refractivity contribution < 1.29 is 22.8 Å². The predicted octanol–water partition coefficient (Wildman–Crippen LogP) is 5.51. The second-order valence-corrected chi connectivity index (χ2v) is 7.83. The van der Waals surface area contributed by atoms with E-state index in [4.69, 9.17) is 23.2 Å². The molecule has 0 fully saturated rings. The van der Waals surface area contributed by atoms with Gasteiger partial charge >= 0.3 is 18.0 Å². The first-order chi connectivity index (χ1) is 15.5. The number of alkyl halides is 3. The first kappa shape index (κ1) is 24.3. The Labute approximate surface area is 197 Å². The van der Waals surface area contributed by atoms with Crippen molar-refractivity contribution in [3.05, 3.63) is 81.1 Å². The highest BCUT2D eigenvalue weighted by Gasteiger charge is 2.33. The van der Waals surface area contributed by atoms with Gasteiger partial charge in [-0.05, 0) is 62.4 Å². The van der Waals surface area contributed by atoms with Gasteiger partial charge in [0.25, 0.3) is 0 Å². The minimum Gasteiger partial charge on any atom is -0.318 e. The maximum atomic E-state index is 12.9. The zero-order chi connectivity index (χ0) is 24.3. The summed E-state index contributed by atoms with van der Waals surface area (Å²) in [7, 11) is 0. The molecule has 0 saturated carbocycles. The van der Waals surface area contributed by atoms with Crippen molar-refractivity contribution in [3.63, 3.8) is 0 Å². The number of carbonyl (C=O) groups excluding carboxylic acids is 2. The van der Waals surface area contributed by atoms with Gasteiger partial charge in [-0.1, -0.05) is 23.2 Å². The Morgan fingerprint density at radius 2 is 1.67 bits per heavy atom. The normalized spacial score (nSPS) is 11.6. The van der Waals surface area contributed by atoms with Crippen LogP contribution in [0.1, 0.15) is 22.5 Å². The number of aryl methyl sites for hydroxylation is 1. The minimum atomic E-state index is -4.71. The summed E-state index contributed by atoms with van der Waals surface area (Å²) in [5.74, 6) is -2.34. The van der Waals surface area contributed by atoms with Gasteiger partial charge in [-0.15, -0.1) is 0 Å². The average Bonchev–Trinajstić information content (AvgIpc) is 3.02. The second kappa shape index (κ2) is 9.68. The summed E-state index contributed by atoms with van der Waals surface area (Å²) in [4.78, 5) is 24.0. The van der Waals surface area contributed by atoms with E-state index in [2.05, 4.69) is 15.8 Å². The van der Waals surface area contributed by atoms with Crippen LogP contribution >= 0.6 is 23.2 Å². The highest BCUT2D eigenvalue weighted by Crippen LogP contribution is 2.36. The molecular weight excluding hydrogens is 480 g/mol. The van der Waals surface area contributed by atoms with Crippen LogP contribution in [0.2, 0.25) is 10.0 Å². The summed E-state index contributed by atoms with van der Waals surface area (Å²) in [6.07, 6.45) is -3.34. The van der Waals surface area contributed by atoms with Crippen molar-refractivity contribution in [2.45, 2.75) is 20.0 Å². The summed E-state index contributed by atoms with van der Waals surface area (Å²) in [6.45, 7) is 3.75. The molecule has 11 heteroatoms. The highest BCUT2D eigenvalue weighted by molar-refractivity contribution is 6.39. The molecule has 2 amide bonds. The van der Waals surface area contributed by atoms with Gasteiger partial charge in [0.05, 0.1) is 16.8 Å². The van der Waals surface area contributed by atoms with E-state index >= 15 is 0 Å². The third kappa shape index (κ3) is 5.74. The van der Waals surface area contributed by atoms with Gasteiger partial charge in [-0.2, -0.15) is 18.3 Å². The van der Waals surface area contributed by atoms with Crippen LogP contribution in [0.5, 0.6) is 0 Å². The molecule has 0 aliphatic rings. The van der Waals surface area contributed by atoms with Crippen molar-refractivity contribution in [2.24, 2.45) is 5.10 Å². The zero-order valence-electron chi connectivity index (χ0n) is 17.3. The Balaban J connectivity index is 1.68. The fraction of sp³-hybridized carbons (Fsp3) is 0.136. The van der Waals surface area contributed by atoms with Crippen molar-refractivity contribution in [1.29, 1.82) is 0 Å². The maximum absolute atomic E-state index is 12.9. The Morgan fingerprint density at radius 1 is 1.00 bits per heavy atom. The molecule has 0 radical (unpaired) electrons. The topological polar surface area (TPSA) is 75.5 Å². The molecule has 2 N–H and O–H groups in total. The van der Waals surface area contributed by atoms with Gasteiger partial charge in [0.2, 0.25) is 0 Å². The number of halogens is 5. The summed E-state index contributed by atoms with van der Waals surface area (Å²) in [5, 5.41) is 5.95. The number of nitrogens with one attached hydrogen (secondary N) is 2.